The Balaban J connectivity index is 2.73. The summed E-state index contributed by atoms with van der Waals surface area (Å²) in [5.41, 5.74) is 0.622. The van der Waals surface area contributed by atoms with Gasteiger partial charge >= 0.3 is 0 Å². The summed E-state index contributed by atoms with van der Waals surface area (Å²) < 4.78 is 0. The third kappa shape index (κ3) is 2.13. The molecule has 0 aliphatic heterocycles. The van der Waals surface area contributed by atoms with Crippen molar-refractivity contribution < 1.29 is 10.3 Å². The van der Waals surface area contributed by atoms with Crippen LogP contribution in [0.4, 0.5) is 5.69 Å². The first-order valence-electron chi connectivity index (χ1n) is 3.99. The molecule has 0 bridgehead atoms. The lowest BCUT2D eigenvalue weighted by Gasteiger charge is -2.15. The summed E-state index contributed by atoms with van der Waals surface area (Å²) in [4.78, 5) is 0. The van der Waals surface area contributed by atoms with Crippen LogP contribution in [0.1, 0.15) is 13.3 Å². The van der Waals surface area contributed by atoms with Gasteiger partial charge in [-0.05, 0) is 18.6 Å². The first-order chi connectivity index (χ1) is 5.74. The molecule has 0 saturated heterocycles. The lowest BCUT2D eigenvalue weighted by Crippen LogP contribution is -2.18. The number of phenolic OH excluding ortho intramolecular Hbond substituents is 1. The Morgan fingerprint density at radius 3 is 2.75 bits per heavy atom. The predicted molar refractivity (Wildman–Crippen MR) is 47.5 cm³/mol. The zero-order valence-electron chi connectivity index (χ0n) is 7.07. The molecule has 1 aromatic carbocycles. The third-order valence-electron chi connectivity index (χ3n) is 1.56. The molecule has 0 unspecified atom stereocenters. The van der Waals surface area contributed by atoms with Crippen LogP contribution in [0, 0.1) is 0 Å². The monoisotopic (exact) mass is 167 g/mol. The summed E-state index contributed by atoms with van der Waals surface area (Å²) in [7, 11) is 0. The third-order valence-corrected chi connectivity index (χ3v) is 1.56. The standard InChI is InChI=1S/C9H13NO2/c1-2-6-10(12)8-4-3-5-9(11)7-8/h3-5,7,11-12H,2,6H2,1H3. The highest BCUT2D eigenvalue weighted by Crippen LogP contribution is 2.18. The van der Waals surface area contributed by atoms with Gasteiger partial charge in [-0.15, -0.1) is 0 Å². The Kier molecular flexibility index (Phi) is 2.94. The van der Waals surface area contributed by atoms with E-state index in [1.165, 1.54) is 6.07 Å². The van der Waals surface area contributed by atoms with E-state index in [1.54, 1.807) is 18.2 Å². The molecule has 0 atom stereocenters. The number of hydroxylamine groups is 1. The molecule has 3 nitrogen and oxygen atoms in total. The summed E-state index contributed by atoms with van der Waals surface area (Å²) in [6.07, 6.45) is 0.867. The van der Waals surface area contributed by atoms with Crippen LogP contribution >= 0.6 is 0 Å². The first kappa shape index (κ1) is 8.87. The van der Waals surface area contributed by atoms with Crippen molar-refractivity contribution in [3.05, 3.63) is 24.3 Å². The van der Waals surface area contributed by atoms with Gasteiger partial charge in [-0.2, -0.15) is 0 Å². The van der Waals surface area contributed by atoms with E-state index in [0.717, 1.165) is 11.5 Å². The molecule has 0 aliphatic rings. The summed E-state index contributed by atoms with van der Waals surface area (Å²) >= 11 is 0. The number of aromatic hydroxyl groups is 1. The minimum atomic E-state index is 0.169. The molecule has 2 N–H and O–H groups in total. The number of rotatable bonds is 3. The van der Waals surface area contributed by atoms with Gasteiger partial charge in [0.15, 0.2) is 0 Å². The van der Waals surface area contributed by atoms with E-state index in [1.807, 2.05) is 6.92 Å². The van der Waals surface area contributed by atoms with Crippen LogP contribution < -0.4 is 5.06 Å². The summed E-state index contributed by atoms with van der Waals surface area (Å²) in [5.74, 6) is 0.169. The summed E-state index contributed by atoms with van der Waals surface area (Å²) in [6, 6.07) is 6.54. The zero-order valence-corrected chi connectivity index (χ0v) is 7.07. The lowest BCUT2D eigenvalue weighted by molar-refractivity contribution is 0.253. The van der Waals surface area contributed by atoms with Crippen LogP contribution in [0.5, 0.6) is 5.75 Å². The summed E-state index contributed by atoms with van der Waals surface area (Å²) in [6.45, 7) is 2.55. The molecule has 66 valence electrons. The van der Waals surface area contributed by atoms with Crippen LogP contribution in [0.25, 0.3) is 0 Å². The Hall–Kier alpha value is -1.22. The van der Waals surface area contributed by atoms with Crippen LogP contribution in [0.15, 0.2) is 24.3 Å². The van der Waals surface area contributed by atoms with Gasteiger partial charge in [0.05, 0.1) is 5.69 Å². The van der Waals surface area contributed by atoms with Gasteiger partial charge in [-0.3, -0.25) is 10.3 Å². The average molecular weight is 167 g/mol. The smallest absolute Gasteiger partial charge is 0.117 e. The van der Waals surface area contributed by atoms with Crippen LogP contribution in [0.2, 0.25) is 0 Å². The molecule has 0 spiro atoms. The van der Waals surface area contributed by atoms with E-state index in [2.05, 4.69) is 0 Å². The molecule has 3 heteroatoms. The molecule has 0 saturated carbocycles. The van der Waals surface area contributed by atoms with Crippen molar-refractivity contribution >= 4 is 5.69 Å². The molecular weight excluding hydrogens is 154 g/mol. The molecule has 0 fully saturated rings. The maximum atomic E-state index is 9.37. The molecule has 1 aromatic rings. The van der Waals surface area contributed by atoms with E-state index < -0.39 is 0 Å². The summed E-state index contributed by atoms with van der Waals surface area (Å²) in [5, 5.41) is 19.6. The van der Waals surface area contributed by atoms with Crippen LogP contribution in [-0.2, 0) is 0 Å². The second-order valence-electron chi connectivity index (χ2n) is 2.64. The first-order valence-corrected chi connectivity index (χ1v) is 3.99. The Labute approximate surface area is 71.8 Å². The van der Waals surface area contributed by atoms with Crippen molar-refractivity contribution in [2.75, 3.05) is 11.6 Å². The normalized spacial score (nSPS) is 9.83. The largest absolute Gasteiger partial charge is 0.508 e. The second kappa shape index (κ2) is 3.97. The van der Waals surface area contributed by atoms with Crippen molar-refractivity contribution in [3.63, 3.8) is 0 Å². The van der Waals surface area contributed by atoms with Crippen molar-refractivity contribution in [2.24, 2.45) is 0 Å². The number of hydrogen-bond donors (Lipinski definition) is 2. The highest BCUT2D eigenvalue weighted by molar-refractivity contribution is 5.47. The number of benzene rings is 1. The van der Waals surface area contributed by atoms with Crippen molar-refractivity contribution in [3.8, 4) is 5.75 Å². The zero-order chi connectivity index (χ0) is 8.97. The average Bonchev–Trinajstić information content (AvgIpc) is 2.05. The van der Waals surface area contributed by atoms with E-state index in [-0.39, 0.29) is 5.75 Å². The van der Waals surface area contributed by atoms with Gasteiger partial charge in [0.25, 0.3) is 0 Å². The van der Waals surface area contributed by atoms with Gasteiger partial charge in [-0.25, -0.2) is 0 Å². The van der Waals surface area contributed by atoms with Gasteiger partial charge in [0.1, 0.15) is 5.75 Å². The maximum absolute atomic E-state index is 9.37. The van der Waals surface area contributed by atoms with Crippen molar-refractivity contribution in [1.29, 1.82) is 0 Å². The fourth-order valence-corrected chi connectivity index (χ4v) is 0.994. The van der Waals surface area contributed by atoms with Gasteiger partial charge in [0, 0.05) is 12.6 Å². The topological polar surface area (TPSA) is 43.7 Å². The minimum absolute atomic E-state index is 0.169. The van der Waals surface area contributed by atoms with E-state index in [9.17, 15) is 5.21 Å². The van der Waals surface area contributed by atoms with Crippen molar-refractivity contribution in [1.82, 2.24) is 0 Å². The van der Waals surface area contributed by atoms with Gasteiger partial charge < -0.3 is 5.11 Å². The second-order valence-corrected chi connectivity index (χ2v) is 2.64. The quantitative estimate of drug-likeness (QED) is 0.677. The van der Waals surface area contributed by atoms with Gasteiger partial charge in [-0.1, -0.05) is 13.0 Å². The molecule has 0 heterocycles. The van der Waals surface area contributed by atoms with Crippen LogP contribution in [-0.4, -0.2) is 16.9 Å². The molecule has 0 aromatic heterocycles. The Morgan fingerprint density at radius 1 is 1.42 bits per heavy atom. The molecule has 0 aliphatic carbocycles. The maximum Gasteiger partial charge on any atom is 0.117 e. The molecule has 0 amide bonds. The van der Waals surface area contributed by atoms with Crippen LogP contribution in [0.3, 0.4) is 0 Å². The minimum Gasteiger partial charge on any atom is -0.508 e. The Bertz CT molecular complexity index is 250. The number of anilines is 1. The van der Waals surface area contributed by atoms with Gasteiger partial charge in [0.2, 0.25) is 0 Å². The number of hydrogen-bond acceptors (Lipinski definition) is 3. The fraction of sp³-hybridized carbons (Fsp3) is 0.333. The molecular formula is C9H13NO2. The highest BCUT2D eigenvalue weighted by atomic mass is 16.5. The number of phenols is 1. The highest BCUT2D eigenvalue weighted by Gasteiger charge is 2.00. The lowest BCUT2D eigenvalue weighted by atomic mass is 10.3. The predicted octanol–water partition coefficient (Wildman–Crippen LogP) is 2.00. The van der Waals surface area contributed by atoms with E-state index in [4.69, 9.17) is 5.11 Å². The molecule has 12 heavy (non-hydrogen) atoms. The van der Waals surface area contributed by atoms with E-state index >= 15 is 0 Å². The fourth-order valence-electron chi connectivity index (χ4n) is 0.994. The molecule has 1 rings (SSSR count). The number of nitrogens with zero attached hydrogens (tertiary/aromatic N) is 1. The molecule has 0 radical (unpaired) electrons. The van der Waals surface area contributed by atoms with Crippen molar-refractivity contribution in [2.45, 2.75) is 13.3 Å². The van der Waals surface area contributed by atoms with E-state index in [0.29, 0.717) is 12.2 Å². The Morgan fingerprint density at radius 2 is 2.17 bits per heavy atom. The SMILES string of the molecule is CCCN(O)c1cccc(O)c1.